The van der Waals surface area contributed by atoms with Gasteiger partial charge in [-0.1, -0.05) is 6.07 Å². The third-order valence-corrected chi connectivity index (χ3v) is 3.80. The Morgan fingerprint density at radius 3 is 3.05 bits per heavy atom. The van der Waals surface area contributed by atoms with Gasteiger partial charge < -0.3 is 19.8 Å². The number of nitro groups is 1. The van der Waals surface area contributed by atoms with Crippen molar-refractivity contribution < 1.29 is 19.9 Å². The number of nitro benzene ring substituents is 1. The van der Waals surface area contributed by atoms with Crippen LogP contribution in [0.3, 0.4) is 0 Å². The predicted octanol–water partition coefficient (Wildman–Crippen LogP) is 1.04. The number of ether oxygens (including phenoxy) is 1. The van der Waals surface area contributed by atoms with E-state index in [0.717, 1.165) is 25.9 Å². The van der Waals surface area contributed by atoms with Gasteiger partial charge >= 0.3 is 0 Å². The Labute approximate surface area is 129 Å². The molecule has 0 radical (unpaired) electrons. The average Bonchev–Trinajstić information content (AvgIpc) is 2.53. The van der Waals surface area contributed by atoms with Crippen LogP contribution < -0.4 is 4.74 Å². The van der Waals surface area contributed by atoms with Gasteiger partial charge in [-0.3, -0.25) is 10.1 Å². The number of benzene rings is 1. The van der Waals surface area contributed by atoms with Crippen molar-refractivity contribution in [3.8, 4) is 5.75 Å². The van der Waals surface area contributed by atoms with E-state index in [4.69, 9.17) is 4.74 Å². The van der Waals surface area contributed by atoms with Crippen LogP contribution in [-0.2, 0) is 0 Å². The first kappa shape index (κ1) is 16.7. The maximum absolute atomic E-state index is 10.7. The molecule has 122 valence electrons. The van der Waals surface area contributed by atoms with Crippen molar-refractivity contribution >= 4 is 5.69 Å². The smallest absolute Gasteiger partial charge is 0.273 e. The molecule has 0 aliphatic carbocycles. The van der Waals surface area contributed by atoms with Crippen molar-refractivity contribution in [1.82, 2.24) is 4.90 Å². The lowest BCUT2D eigenvalue weighted by atomic mass is 9.99. The molecule has 1 aromatic carbocycles. The summed E-state index contributed by atoms with van der Waals surface area (Å²) >= 11 is 0. The second-order valence-corrected chi connectivity index (χ2v) is 5.67. The van der Waals surface area contributed by atoms with Crippen LogP contribution in [-0.4, -0.2) is 59.0 Å². The molecule has 0 amide bonds. The van der Waals surface area contributed by atoms with Crippen molar-refractivity contribution in [3.05, 3.63) is 34.4 Å². The van der Waals surface area contributed by atoms with E-state index in [1.54, 1.807) is 12.1 Å². The third-order valence-electron chi connectivity index (χ3n) is 3.80. The molecule has 0 spiro atoms. The van der Waals surface area contributed by atoms with Gasteiger partial charge in [0.1, 0.15) is 18.5 Å². The summed E-state index contributed by atoms with van der Waals surface area (Å²) in [5.41, 5.74) is -0.0335. The second-order valence-electron chi connectivity index (χ2n) is 5.67. The minimum atomic E-state index is -0.670. The lowest BCUT2D eigenvalue weighted by Crippen LogP contribution is -2.42. The fourth-order valence-corrected chi connectivity index (χ4v) is 2.70. The molecule has 7 nitrogen and oxygen atoms in total. The van der Waals surface area contributed by atoms with Gasteiger partial charge in [-0.2, -0.15) is 0 Å². The highest BCUT2D eigenvalue weighted by molar-refractivity contribution is 5.37. The van der Waals surface area contributed by atoms with E-state index in [0.29, 0.717) is 12.3 Å². The summed E-state index contributed by atoms with van der Waals surface area (Å²) in [6, 6.07) is 5.92. The van der Waals surface area contributed by atoms with Crippen LogP contribution in [0.2, 0.25) is 0 Å². The van der Waals surface area contributed by atoms with Gasteiger partial charge in [0.25, 0.3) is 5.69 Å². The number of nitrogens with zero attached hydrogens (tertiary/aromatic N) is 2. The molecule has 2 N–H and O–H groups in total. The number of aliphatic hydroxyl groups excluding tert-OH is 2. The molecule has 0 bridgehead atoms. The van der Waals surface area contributed by atoms with Gasteiger partial charge in [-0.25, -0.2) is 0 Å². The molecule has 1 aliphatic rings. The molecule has 1 aromatic rings. The molecule has 1 saturated heterocycles. The van der Waals surface area contributed by atoms with Gasteiger partial charge in [0, 0.05) is 25.8 Å². The van der Waals surface area contributed by atoms with Gasteiger partial charge in [-0.05, 0) is 31.4 Å². The van der Waals surface area contributed by atoms with Crippen molar-refractivity contribution in [2.24, 2.45) is 5.92 Å². The van der Waals surface area contributed by atoms with Crippen LogP contribution in [0.1, 0.15) is 12.8 Å². The zero-order valence-corrected chi connectivity index (χ0v) is 12.4. The second kappa shape index (κ2) is 8.07. The number of β-amino-alcohol motifs (C(OH)–C–C–N with tert-alkyl or cyclic N) is 1. The lowest BCUT2D eigenvalue weighted by molar-refractivity contribution is -0.384. The molecule has 2 rings (SSSR count). The summed E-state index contributed by atoms with van der Waals surface area (Å²) in [6.45, 7) is 2.43. The first-order valence-electron chi connectivity index (χ1n) is 7.47. The Bertz CT molecular complexity index is 497. The largest absolute Gasteiger partial charge is 0.491 e. The summed E-state index contributed by atoms with van der Waals surface area (Å²) in [7, 11) is 0. The summed E-state index contributed by atoms with van der Waals surface area (Å²) < 4.78 is 5.42. The summed E-state index contributed by atoms with van der Waals surface area (Å²) in [6.07, 6.45) is 1.37. The number of non-ortho nitro benzene ring substituents is 1. The Morgan fingerprint density at radius 1 is 1.50 bits per heavy atom. The van der Waals surface area contributed by atoms with E-state index in [9.17, 15) is 20.3 Å². The Hall–Kier alpha value is -1.70. The van der Waals surface area contributed by atoms with E-state index < -0.39 is 11.0 Å². The van der Waals surface area contributed by atoms with Crippen LogP contribution in [0.25, 0.3) is 0 Å². The predicted molar refractivity (Wildman–Crippen MR) is 80.8 cm³/mol. The molecule has 1 heterocycles. The third kappa shape index (κ3) is 4.94. The van der Waals surface area contributed by atoms with Crippen molar-refractivity contribution in [3.63, 3.8) is 0 Å². The Kier molecular flexibility index (Phi) is 6.11. The quantitative estimate of drug-likeness (QED) is 0.577. The summed E-state index contributed by atoms with van der Waals surface area (Å²) in [5, 5.41) is 29.9. The number of likely N-dealkylation sites (tertiary alicyclic amines) is 1. The van der Waals surface area contributed by atoms with E-state index in [1.807, 2.05) is 0 Å². The van der Waals surface area contributed by atoms with Crippen molar-refractivity contribution in [1.29, 1.82) is 0 Å². The van der Waals surface area contributed by atoms with Crippen LogP contribution in [0.4, 0.5) is 5.69 Å². The lowest BCUT2D eigenvalue weighted by Gasteiger charge is -2.32. The van der Waals surface area contributed by atoms with E-state index in [-0.39, 0.29) is 24.8 Å². The fraction of sp³-hybridized carbons (Fsp3) is 0.600. The normalized spacial score (nSPS) is 20.5. The monoisotopic (exact) mass is 310 g/mol. The maximum atomic E-state index is 10.7. The molecule has 22 heavy (non-hydrogen) atoms. The van der Waals surface area contributed by atoms with Crippen LogP contribution in [0, 0.1) is 16.0 Å². The summed E-state index contributed by atoms with van der Waals surface area (Å²) in [4.78, 5) is 12.3. The zero-order valence-electron chi connectivity index (χ0n) is 12.4. The van der Waals surface area contributed by atoms with E-state index in [1.165, 1.54) is 12.1 Å². The molecule has 0 aromatic heterocycles. The molecule has 2 atom stereocenters. The number of rotatable bonds is 7. The van der Waals surface area contributed by atoms with Crippen molar-refractivity contribution in [2.45, 2.75) is 18.9 Å². The van der Waals surface area contributed by atoms with Crippen molar-refractivity contribution in [2.75, 3.05) is 32.8 Å². The van der Waals surface area contributed by atoms with E-state index >= 15 is 0 Å². The Morgan fingerprint density at radius 2 is 2.32 bits per heavy atom. The standard InChI is InChI=1S/C15H22N2O5/c18-10-12-3-2-6-16(8-12)9-14(19)11-22-15-5-1-4-13(7-15)17(20)21/h1,4-5,7,12,14,18-19H,2-3,6,8-11H2/t12-,14-/m0/s1. The topological polar surface area (TPSA) is 96.1 Å². The average molecular weight is 310 g/mol. The first-order chi connectivity index (χ1) is 10.6. The number of hydrogen-bond donors (Lipinski definition) is 2. The number of piperidine rings is 1. The fourth-order valence-electron chi connectivity index (χ4n) is 2.70. The molecule has 0 unspecified atom stereocenters. The highest BCUT2D eigenvalue weighted by atomic mass is 16.6. The molecule has 7 heteroatoms. The summed E-state index contributed by atoms with van der Waals surface area (Å²) in [5.74, 6) is 0.652. The molecule has 1 fully saturated rings. The molecule has 1 aliphatic heterocycles. The van der Waals surface area contributed by atoms with Gasteiger partial charge in [0.05, 0.1) is 11.0 Å². The highest BCUT2D eigenvalue weighted by Gasteiger charge is 2.21. The maximum Gasteiger partial charge on any atom is 0.273 e. The SMILES string of the molecule is O=[N+]([O-])c1cccc(OC[C@@H](O)CN2CCC[C@H](CO)C2)c1. The number of aliphatic hydroxyl groups is 2. The minimum absolute atomic E-state index is 0.0335. The van der Waals surface area contributed by atoms with Crippen LogP contribution >= 0.6 is 0 Å². The van der Waals surface area contributed by atoms with Gasteiger partial charge in [-0.15, -0.1) is 0 Å². The number of hydrogen-bond acceptors (Lipinski definition) is 6. The van der Waals surface area contributed by atoms with Crippen LogP contribution in [0.5, 0.6) is 5.75 Å². The molecule has 0 saturated carbocycles. The van der Waals surface area contributed by atoms with Gasteiger partial charge in [0.15, 0.2) is 0 Å². The highest BCUT2D eigenvalue weighted by Crippen LogP contribution is 2.20. The molecular formula is C15H22N2O5. The minimum Gasteiger partial charge on any atom is -0.491 e. The Balaban J connectivity index is 1.78. The zero-order chi connectivity index (χ0) is 15.9. The van der Waals surface area contributed by atoms with E-state index in [2.05, 4.69) is 4.90 Å². The molecular weight excluding hydrogens is 288 g/mol. The van der Waals surface area contributed by atoms with Crippen LogP contribution in [0.15, 0.2) is 24.3 Å². The van der Waals surface area contributed by atoms with Gasteiger partial charge in [0.2, 0.25) is 0 Å². The first-order valence-corrected chi connectivity index (χ1v) is 7.47.